The third kappa shape index (κ3) is 0.786. The molecule has 1 aromatic rings. The van der Waals surface area contributed by atoms with Gasteiger partial charge in [0.05, 0.1) is 31.1 Å². The highest BCUT2D eigenvalue weighted by Gasteiger charge is 2.42. The summed E-state index contributed by atoms with van der Waals surface area (Å²) in [6.45, 7) is 1.66. The number of allylic oxidation sites excluding steroid dienone is 1. The lowest BCUT2D eigenvalue weighted by atomic mass is 10.0. The van der Waals surface area contributed by atoms with E-state index in [2.05, 4.69) is 28.1 Å². The van der Waals surface area contributed by atoms with Gasteiger partial charge in [0.1, 0.15) is 0 Å². The second-order valence-electron chi connectivity index (χ2n) is 4.49. The lowest BCUT2D eigenvalue weighted by Gasteiger charge is -2.27. The zero-order chi connectivity index (χ0) is 9.12. The Morgan fingerprint density at radius 1 is 1.43 bits per heavy atom. The van der Waals surface area contributed by atoms with Crippen molar-refractivity contribution in [3.8, 4) is 0 Å². The molecule has 1 aromatic heterocycles. The Morgan fingerprint density at radius 2 is 2.36 bits per heavy atom. The molecule has 2 atom stereocenters. The molecule has 3 aliphatic rings. The molecule has 14 heavy (non-hydrogen) atoms. The van der Waals surface area contributed by atoms with Gasteiger partial charge in [-0.15, -0.1) is 0 Å². The Morgan fingerprint density at radius 3 is 3.14 bits per heavy atom. The summed E-state index contributed by atoms with van der Waals surface area (Å²) in [7, 11) is 0. The number of fused-ring (bicyclic) bond motifs is 3. The molecule has 1 saturated carbocycles. The SMILES string of the molecule is C1=CC2CC2c2cnn(C3COC3)c21. The Labute approximate surface area is 82.4 Å². The lowest BCUT2D eigenvalue weighted by molar-refractivity contribution is -0.0289. The highest BCUT2D eigenvalue weighted by molar-refractivity contribution is 5.57. The molecule has 3 heteroatoms. The van der Waals surface area contributed by atoms with Gasteiger partial charge in [-0.25, -0.2) is 0 Å². The van der Waals surface area contributed by atoms with Crippen molar-refractivity contribution in [1.82, 2.24) is 9.78 Å². The topological polar surface area (TPSA) is 27.1 Å². The van der Waals surface area contributed by atoms with E-state index in [9.17, 15) is 0 Å². The number of aromatic nitrogens is 2. The second kappa shape index (κ2) is 2.28. The van der Waals surface area contributed by atoms with Crippen LogP contribution in [0, 0.1) is 5.92 Å². The van der Waals surface area contributed by atoms with Gasteiger partial charge in [-0.05, 0) is 24.3 Å². The van der Waals surface area contributed by atoms with Gasteiger partial charge < -0.3 is 4.74 Å². The number of hydrogen-bond acceptors (Lipinski definition) is 2. The van der Waals surface area contributed by atoms with E-state index >= 15 is 0 Å². The van der Waals surface area contributed by atoms with E-state index < -0.39 is 0 Å². The molecule has 2 aliphatic carbocycles. The number of rotatable bonds is 1. The first kappa shape index (κ1) is 7.23. The first-order chi connectivity index (χ1) is 6.93. The normalized spacial score (nSPS) is 33.4. The predicted molar refractivity (Wildman–Crippen MR) is 52.0 cm³/mol. The van der Waals surface area contributed by atoms with Gasteiger partial charge in [-0.3, -0.25) is 4.68 Å². The van der Waals surface area contributed by atoms with Crippen molar-refractivity contribution < 1.29 is 4.74 Å². The number of ether oxygens (including phenoxy) is 1. The van der Waals surface area contributed by atoms with Crippen LogP contribution in [0.2, 0.25) is 0 Å². The Bertz CT molecular complexity index is 417. The van der Waals surface area contributed by atoms with Crippen LogP contribution in [-0.4, -0.2) is 23.0 Å². The van der Waals surface area contributed by atoms with Crippen LogP contribution in [0.25, 0.3) is 6.08 Å². The van der Waals surface area contributed by atoms with E-state index in [1.165, 1.54) is 17.7 Å². The zero-order valence-electron chi connectivity index (χ0n) is 7.89. The van der Waals surface area contributed by atoms with Crippen LogP contribution in [0.3, 0.4) is 0 Å². The van der Waals surface area contributed by atoms with Crippen LogP contribution >= 0.6 is 0 Å². The van der Waals surface area contributed by atoms with Crippen molar-refractivity contribution in [1.29, 1.82) is 0 Å². The molecule has 2 heterocycles. The van der Waals surface area contributed by atoms with Crippen molar-refractivity contribution in [3.05, 3.63) is 23.5 Å². The monoisotopic (exact) mass is 188 g/mol. The second-order valence-corrected chi connectivity index (χ2v) is 4.49. The quantitative estimate of drug-likeness (QED) is 0.669. The molecule has 72 valence electrons. The van der Waals surface area contributed by atoms with Gasteiger partial charge in [-0.1, -0.05) is 6.08 Å². The molecule has 0 N–H and O–H groups in total. The summed E-state index contributed by atoms with van der Waals surface area (Å²) < 4.78 is 7.34. The van der Waals surface area contributed by atoms with Crippen LogP contribution in [0.1, 0.15) is 29.6 Å². The molecule has 2 unspecified atom stereocenters. The molecule has 4 rings (SSSR count). The summed E-state index contributed by atoms with van der Waals surface area (Å²) in [5.41, 5.74) is 2.79. The largest absolute Gasteiger partial charge is 0.377 e. The summed E-state index contributed by atoms with van der Waals surface area (Å²) in [6, 6.07) is 0.485. The molecule has 2 fully saturated rings. The molecule has 0 bridgehead atoms. The van der Waals surface area contributed by atoms with Crippen LogP contribution < -0.4 is 0 Å². The maximum atomic E-state index is 5.20. The molecule has 0 spiro atoms. The molecule has 0 radical (unpaired) electrons. The summed E-state index contributed by atoms with van der Waals surface area (Å²) in [6.07, 6.45) is 7.97. The van der Waals surface area contributed by atoms with Crippen molar-refractivity contribution in [2.75, 3.05) is 13.2 Å². The fraction of sp³-hybridized carbons (Fsp3) is 0.545. The molecule has 0 amide bonds. The van der Waals surface area contributed by atoms with Gasteiger partial charge in [-0.2, -0.15) is 5.10 Å². The van der Waals surface area contributed by atoms with Gasteiger partial charge in [0.2, 0.25) is 0 Å². The summed E-state index contributed by atoms with van der Waals surface area (Å²) in [5.74, 6) is 1.60. The zero-order valence-corrected chi connectivity index (χ0v) is 7.89. The fourth-order valence-electron chi connectivity index (χ4n) is 2.50. The average Bonchev–Trinajstić information content (AvgIpc) is 2.80. The van der Waals surface area contributed by atoms with Crippen molar-refractivity contribution in [3.63, 3.8) is 0 Å². The third-order valence-electron chi connectivity index (χ3n) is 3.57. The minimum atomic E-state index is 0.485. The van der Waals surface area contributed by atoms with E-state index in [1.807, 2.05) is 0 Å². The third-order valence-corrected chi connectivity index (χ3v) is 3.57. The average molecular weight is 188 g/mol. The van der Waals surface area contributed by atoms with Gasteiger partial charge in [0.15, 0.2) is 0 Å². The van der Waals surface area contributed by atoms with Gasteiger partial charge in [0.25, 0.3) is 0 Å². The fourth-order valence-corrected chi connectivity index (χ4v) is 2.50. The maximum Gasteiger partial charge on any atom is 0.0992 e. The molecule has 1 saturated heterocycles. The van der Waals surface area contributed by atoms with Crippen LogP contribution in [0.15, 0.2) is 12.3 Å². The van der Waals surface area contributed by atoms with E-state index in [1.54, 1.807) is 0 Å². The highest BCUT2D eigenvalue weighted by atomic mass is 16.5. The predicted octanol–water partition coefficient (Wildman–Crippen LogP) is 1.58. The Hall–Kier alpha value is -1.09. The minimum absolute atomic E-state index is 0.485. The lowest BCUT2D eigenvalue weighted by Crippen LogP contribution is -2.32. The van der Waals surface area contributed by atoms with Crippen molar-refractivity contribution >= 4 is 6.08 Å². The van der Waals surface area contributed by atoms with E-state index in [0.717, 1.165) is 25.0 Å². The standard InChI is InChI=1S/C11H12N2O/c1-2-11-10(9-3-7(1)9)4-12-13(11)8-5-14-6-8/h1-2,4,7-9H,3,5-6H2. The van der Waals surface area contributed by atoms with Crippen LogP contribution in [0.5, 0.6) is 0 Å². The van der Waals surface area contributed by atoms with Crippen LogP contribution in [-0.2, 0) is 4.74 Å². The van der Waals surface area contributed by atoms with Gasteiger partial charge >= 0.3 is 0 Å². The first-order valence-corrected chi connectivity index (χ1v) is 5.27. The summed E-state index contributed by atoms with van der Waals surface area (Å²) in [4.78, 5) is 0. The highest BCUT2D eigenvalue weighted by Crippen LogP contribution is 2.52. The van der Waals surface area contributed by atoms with Crippen LogP contribution in [0.4, 0.5) is 0 Å². The van der Waals surface area contributed by atoms with E-state index in [0.29, 0.717) is 6.04 Å². The Kier molecular flexibility index (Phi) is 1.18. The number of nitrogens with zero attached hydrogens (tertiary/aromatic N) is 2. The minimum Gasteiger partial charge on any atom is -0.377 e. The number of hydrogen-bond donors (Lipinski definition) is 0. The van der Waals surface area contributed by atoms with Crippen molar-refractivity contribution in [2.45, 2.75) is 18.4 Å². The smallest absolute Gasteiger partial charge is 0.0992 e. The molecule has 0 aromatic carbocycles. The molecule has 3 nitrogen and oxygen atoms in total. The van der Waals surface area contributed by atoms with Crippen molar-refractivity contribution in [2.24, 2.45) is 5.92 Å². The summed E-state index contributed by atoms with van der Waals surface area (Å²) in [5, 5.41) is 4.48. The van der Waals surface area contributed by atoms with E-state index in [-0.39, 0.29) is 0 Å². The molecule has 1 aliphatic heterocycles. The summed E-state index contributed by atoms with van der Waals surface area (Å²) >= 11 is 0. The molecular formula is C11H12N2O. The van der Waals surface area contributed by atoms with E-state index in [4.69, 9.17) is 4.74 Å². The molecular weight excluding hydrogens is 176 g/mol. The Balaban J connectivity index is 1.82. The van der Waals surface area contributed by atoms with Gasteiger partial charge in [0, 0.05) is 5.56 Å². The maximum absolute atomic E-state index is 5.20. The first-order valence-electron chi connectivity index (χ1n) is 5.27.